The van der Waals surface area contributed by atoms with E-state index in [0.29, 0.717) is 24.0 Å². The fourth-order valence-corrected chi connectivity index (χ4v) is 4.65. The zero-order chi connectivity index (χ0) is 20.6. The van der Waals surface area contributed by atoms with E-state index in [2.05, 4.69) is 17.2 Å². The van der Waals surface area contributed by atoms with Gasteiger partial charge in [-0.25, -0.2) is 9.78 Å². The highest BCUT2D eigenvalue weighted by molar-refractivity contribution is 7.15. The first-order valence-corrected chi connectivity index (χ1v) is 10.6. The van der Waals surface area contributed by atoms with Gasteiger partial charge in [0.1, 0.15) is 5.60 Å². The van der Waals surface area contributed by atoms with Crippen LogP contribution < -0.4 is 10.9 Å². The second-order valence-corrected chi connectivity index (χ2v) is 9.50. The Kier molecular flexibility index (Phi) is 5.82. The first-order valence-electron chi connectivity index (χ1n) is 9.76. The van der Waals surface area contributed by atoms with Gasteiger partial charge in [-0.2, -0.15) is 0 Å². The number of nitrogens with one attached hydrogen (secondary N) is 1. The third-order valence-corrected chi connectivity index (χ3v) is 6.17. The monoisotopic (exact) mass is 406 g/mol. The third-order valence-electron chi connectivity index (χ3n) is 5.23. The highest BCUT2D eigenvalue weighted by Gasteiger charge is 2.37. The molecule has 3 rings (SSSR count). The Morgan fingerprint density at radius 3 is 2.79 bits per heavy atom. The van der Waals surface area contributed by atoms with Gasteiger partial charge in [-0.05, 0) is 47.0 Å². The number of aryl methyl sites for hydroxylation is 1. The van der Waals surface area contributed by atoms with Crippen LogP contribution in [0.15, 0.2) is 16.2 Å². The number of piperidine rings is 1. The van der Waals surface area contributed by atoms with Crippen molar-refractivity contribution in [1.29, 1.82) is 0 Å². The molecule has 28 heavy (non-hydrogen) atoms. The minimum absolute atomic E-state index is 0.00703. The lowest BCUT2D eigenvalue weighted by Gasteiger charge is -2.43. The average molecular weight is 407 g/mol. The lowest BCUT2D eigenvalue weighted by atomic mass is 9.87. The van der Waals surface area contributed by atoms with Crippen LogP contribution in [0.1, 0.15) is 52.4 Å². The van der Waals surface area contributed by atoms with Gasteiger partial charge in [-0.15, -0.1) is 11.3 Å². The lowest BCUT2D eigenvalue weighted by molar-refractivity contribution is 0.000654. The number of carbonyl (C=O) groups is 1. The Bertz CT molecular complexity index is 914. The van der Waals surface area contributed by atoms with Crippen LogP contribution in [0.4, 0.5) is 4.79 Å². The van der Waals surface area contributed by atoms with Crippen molar-refractivity contribution in [2.45, 2.75) is 72.2 Å². The van der Waals surface area contributed by atoms with Gasteiger partial charge in [-0.1, -0.05) is 6.92 Å². The van der Waals surface area contributed by atoms with Gasteiger partial charge in [0.05, 0.1) is 5.69 Å². The van der Waals surface area contributed by atoms with Crippen LogP contribution in [-0.4, -0.2) is 44.6 Å². The number of fused-ring (bicyclic) bond motifs is 1. The summed E-state index contributed by atoms with van der Waals surface area (Å²) in [6.45, 7) is 13.0. The number of hydrogen-bond donors (Lipinski definition) is 1. The Balaban J connectivity index is 1.72. The molecule has 2 aromatic rings. The molecule has 0 radical (unpaired) electrons. The van der Waals surface area contributed by atoms with Gasteiger partial charge in [0.2, 0.25) is 0 Å². The molecular weight excluding hydrogens is 376 g/mol. The van der Waals surface area contributed by atoms with Crippen LogP contribution in [0, 0.1) is 12.8 Å². The lowest BCUT2D eigenvalue weighted by Crippen LogP contribution is -2.58. The number of amides is 1. The topological polar surface area (TPSA) is 75.9 Å². The quantitative estimate of drug-likeness (QED) is 0.847. The third kappa shape index (κ3) is 4.38. The molecule has 2 aromatic heterocycles. The molecule has 0 bridgehead atoms. The summed E-state index contributed by atoms with van der Waals surface area (Å²) >= 11 is 1.47. The molecule has 1 saturated heterocycles. The van der Waals surface area contributed by atoms with E-state index >= 15 is 0 Å². The van der Waals surface area contributed by atoms with Crippen molar-refractivity contribution in [1.82, 2.24) is 19.6 Å². The second-order valence-electron chi connectivity index (χ2n) is 8.67. The zero-order valence-corrected chi connectivity index (χ0v) is 18.3. The van der Waals surface area contributed by atoms with Crippen LogP contribution in [0.2, 0.25) is 0 Å². The Labute approximate surface area is 169 Å². The average Bonchev–Trinajstić information content (AvgIpc) is 2.94. The fraction of sp³-hybridized carbons (Fsp3) is 0.650. The van der Waals surface area contributed by atoms with Crippen molar-refractivity contribution >= 4 is 22.4 Å². The van der Waals surface area contributed by atoms with Gasteiger partial charge in [0.15, 0.2) is 4.96 Å². The maximum absolute atomic E-state index is 12.6. The molecule has 154 valence electrons. The number of hydrogen-bond acceptors (Lipinski definition) is 6. The van der Waals surface area contributed by atoms with Crippen molar-refractivity contribution in [3.63, 3.8) is 0 Å². The maximum Gasteiger partial charge on any atom is 0.410 e. The molecule has 7 nitrogen and oxygen atoms in total. The number of likely N-dealkylation sites (tertiary alicyclic amines) is 1. The second kappa shape index (κ2) is 7.83. The van der Waals surface area contributed by atoms with Crippen LogP contribution in [0.25, 0.3) is 4.96 Å². The summed E-state index contributed by atoms with van der Waals surface area (Å²) in [6.07, 6.45) is 0.631. The molecule has 1 aliphatic heterocycles. The molecule has 3 atom stereocenters. The normalized spacial score (nSPS) is 23.2. The van der Waals surface area contributed by atoms with Crippen LogP contribution >= 0.6 is 11.3 Å². The Morgan fingerprint density at radius 1 is 1.39 bits per heavy atom. The highest BCUT2D eigenvalue weighted by Crippen LogP contribution is 2.25. The summed E-state index contributed by atoms with van der Waals surface area (Å²) in [5.41, 5.74) is 1.06. The smallest absolute Gasteiger partial charge is 0.410 e. The Hall–Kier alpha value is -1.93. The van der Waals surface area contributed by atoms with Crippen molar-refractivity contribution in [3.8, 4) is 0 Å². The van der Waals surface area contributed by atoms with Crippen LogP contribution in [0.5, 0.6) is 0 Å². The zero-order valence-electron chi connectivity index (χ0n) is 17.5. The molecular formula is C20H30N4O3S. The molecule has 1 fully saturated rings. The van der Waals surface area contributed by atoms with E-state index in [1.807, 2.05) is 40.0 Å². The van der Waals surface area contributed by atoms with E-state index in [-0.39, 0.29) is 23.7 Å². The predicted molar refractivity (Wildman–Crippen MR) is 111 cm³/mol. The largest absolute Gasteiger partial charge is 0.444 e. The molecule has 0 spiro atoms. The summed E-state index contributed by atoms with van der Waals surface area (Å²) in [6, 6.07) is 1.68. The minimum Gasteiger partial charge on any atom is -0.444 e. The number of rotatable bonds is 3. The molecule has 1 aliphatic rings. The summed E-state index contributed by atoms with van der Waals surface area (Å²) in [5.74, 6) is 0.405. The summed E-state index contributed by atoms with van der Waals surface area (Å²) in [5, 5.41) is 5.46. The van der Waals surface area contributed by atoms with Gasteiger partial charge in [0, 0.05) is 42.3 Å². The van der Waals surface area contributed by atoms with Crippen molar-refractivity contribution in [3.05, 3.63) is 33.2 Å². The van der Waals surface area contributed by atoms with Crippen molar-refractivity contribution < 1.29 is 9.53 Å². The molecule has 0 saturated carbocycles. The Morgan fingerprint density at radius 2 is 2.11 bits per heavy atom. The maximum atomic E-state index is 12.6. The van der Waals surface area contributed by atoms with Gasteiger partial charge in [0.25, 0.3) is 5.56 Å². The SMILES string of the molecule is Cc1csc2nc(CNC3C(C)CCN(C(=O)OC(C)(C)C)C3C)cc(=O)n12. The van der Waals surface area contributed by atoms with E-state index in [0.717, 1.165) is 17.8 Å². The van der Waals surface area contributed by atoms with E-state index in [9.17, 15) is 9.59 Å². The predicted octanol–water partition coefficient (Wildman–Crippen LogP) is 3.19. The molecule has 1 amide bonds. The number of thiazole rings is 1. The summed E-state index contributed by atoms with van der Waals surface area (Å²) in [4.78, 5) is 32.1. The van der Waals surface area contributed by atoms with E-state index in [1.54, 1.807) is 15.4 Å². The van der Waals surface area contributed by atoms with Crippen molar-refractivity contribution in [2.24, 2.45) is 5.92 Å². The fourth-order valence-electron chi connectivity index (χ4n) is 3.76. The number of ether oxygens (including phenoxy) is 1. The van der Waals surface area contributed by atoms with Crippen molar-refractivity contribution in [2.75, 3.05) is 6.54 Å². The first-order chi connectivity index (χ1) is 13.1. The van der Waals surface area contributed by atoms with E-state index in [4.69, 9.17) is 4.74 Å². The van der Waals surface area contributed by atoms with E-state index < -0.39 is 5.60 Å². The standard InChI is InChI=1S/C20H30N4O3S/c1-12-7-8-23(19(26)27-20(4,5)6)14(3)17(12)21-10-15-9-16(25)24-13(2)11-28-18(24)22-15/h9,11-12,14,17,21H,7-8,10H2,1-6H3. The number of carbonyl (C=O) groups excluding carboxylic acids is 1. The van der Waals surface area contributed by atoms with Gasteiger partial charge in [-0.3, -0.25) is 9.20 Å². The first kappa shape index (κ1) is 20.8. The number of aromatic nitrogens is 2. The van der Waals surface area contributed by atoms with E-state index in [1.165, 1.54) is 11.3 Å². The molecule has 0 aromatic carbocycles. The molecule has 3 heterocycles. The molecule has 8 heteroatoms. The number of nitrogens with zero attached hydrogens (tertiary/aromatic N) is 3. The minimum atomic E-state index is -0.511. The highest BCUT2D eigenvalue weighted by atomic mass is 32.1. The molecule has 3 unspecified atom stereocenters. The summed E-state index contributed by atoms with van der Waals surface area (Å²) in [7, 11) is 0. The molecule has 0 aliphatic carbocycles. The van der Waals surface area contributed by atoms with Gasteiger partial charge >= 0.3 is 6.09 Å². The van der Waals surface area contributed by atoms with Crippen LogP contribution in [0.3, 0.4) is 0 Å². The molecule has 1 N–H and O–H groups in total. The van der Waals surface area contributed by atoms with Crippen LogP contribution in [-0.2, 0) is 11.3 Å². The summed E-state index contributed by atoms with van der Waals surface area (Å²) < 4.78 is 7.19. The van der Waals surface area contributed by atoms with Gasteiger partial charge < -0.3 is 15.0 Å².